The number of aryl methyl sites for hydroxylation is 1. The second kappa shape index (κ2) is 5.45. The summed E-state index contributed by atoms with van der Waals surface area (Å²) in [4.78, 5) is 17.7. The van der Waals surface area contributed by atoms with Crippen molar-refractivity contribution in [3.8, 4) is 5.75 Å². The Morgan fingerprint density at radius 3 is 2.38 bits per heavy atom. The average Bonchev–Trinajstić information content (AvgIpc) is 2.10. The van der Waals surface area contributed by atoms with Gasteiger partial charge in [0.25, 0.3) is 0 Å². The first-order valence-corrected chi connectivity index (χ1v) is 4.13. The minimum Gasteiger partial charge on any atom is -0.503 e. The zero-order valence-electron chi connectivity index (χ0n) is 7.26. The minimum atomic E-state index is -0.833. The van der Waals surface area contributed by atoms with E-state index in [1.807, 2.05) is 0 Å². The third kappa shape index (κ3) is 3.36. The SMILES string of the molecule is Cc1c(O)c(=O)ccn1C.O=PO. The lowest BCUT2D eigenvalue weighted by molar-refractivity contribution is 0.457. The highest BCUT2D eigenvalue weighted by atomic mass is 31.1. The number of rotatable bonds is 0. The van der Waals surface area contributed by atoms with Gasteiger partial charge in [-0.3, -0.25) is 4.79 Å². The first-order chi connectivity index (χ1) is 6.04. The van der Waals surface area contributed by atoms with Crippen molar-refractivity contribution in [1.29, 1.82) is 0 Å². The standard InChI is InChI=1S/C7H9NO2.HO2P/c1-5-7(10)6(9)3-4-8(5)2;1-3-2/h3-4,10H,1-2H3;(H,1,2). The molecule has 1 aromatic heterocycles. The molecular formula is C7H10NO4P. The van der Waals surface area contributed by atoms with Crippen molar-refractivity contribution in [2.24, 2.45) is 7.05 Å². The van der Waals surface area contributed by atoms with Gasteiger partial charge < -0.3 is 14.6 Å². The van der Waals surface area contributed by atoms with E-state index in [-0.39, 0.29) is 11.2 Å². The Morgan fingerprint density at radius 2 is 2.00 bits per heavy atom. The molecular weight excluding hydrogens is 193 g/mol. The average molecular weight is 203 g/mol. The third-order valence-electron chi connectivity index (χ3n) is 1.55. The van der Waals surface area contributed by atoms with Crippen LogP contribution in [0.25, 0.3) is 0 Å². The molecule has 0 aliphatic carbocycles. The lowest BCUT2D eigenvalue weighted by Gasteiger charge is -2.02. The molecule has 0 saturated carbocycles. The number of hydrogen-bond acceptors (Lipinski definition) is 3. The molecule has 1 aromatic rings. The fraction of sp³-hybridized carbons (Fsp3) is 0.286. The lowest BCUT2D eigenvalue weighted by atomic mass is 10.3. The van der Waals surface area contributed by atoms with Crippen molar-refractivity contribution in [2.75, 3.05) is 0 Å². The van der Waals surface area contributed by atoms with Crippen molar-refractivity contribution < 1.29 is 14.6 Å². The Balaban J connectivity index is 0.000000424. The van der Waals surface area contributed by atoms with E-state index >= 15 is 0 Å². The molecule has 2 N–H and O–H groups in total. The molecule has 0 bridgehead atoms. The van der Waals surface area contributed by atoms with E-state index in [4.69, 9.17) is 14.6 Å². The maximum absolute atomic E-state index is 10.7. The second-order valence-corrected chi connectivity index (χ2v) is 2.47. The van der Waals surface area contributed by atoms with Crippen LogP contribution in [0.4, 0.5) is 0 Å². The van der Waals surface area contributed by atoms with Gasteiger partial charge in [0.2, 0.25) is 5.43 Å². The minimum absolute atomic E-state index is 0.162. The summed E-state index contributed by atoms with van der Waals surface area (Å²) >= 11 is 0. The summed E-state index contributed by atoms with van der Waals surface area (Å²) < 4.78 is 10.1. The van der Waals surface area contributed by atoms with E-state index in [1.54, 1.807) is 24.7 Å². The molecule has 1 heterocycles. The summed E-state index contributed by atoms with van der Waals surface area (Å²) in [6.07, 6.45) is 1.62. The van der Waals surface area contributed by atoms with Gasteiger partial charge in [-0.1, -0.05) is 0 Å². The van der Waals surface area contributed by atoms with Gasteiger partial charge in [0.05, 0.1) is 5.69 Å². The van der Waals surface area contributed by atoms with Crippen LogP contribution >= 0.6 is 8.69 Å². The predicted molar refractivity (Wildman–Crippen MR) is 47.9 cm³/mol. The van der Waals surface area contributed by atoms with Gasteiger partial charge in [-0.05, 0) is 6.92 Å². The molecule has 0 unspecified atom stereocenters. The summed E-state index contributed by atoms with van der Waals surface area (Å²) in [5, 5.41) is 9.05. The maximum atomic E-state index is 10.7. The molecule has 6 heteroatoms. The van der Waals surface area contributed by atoms with Crippen LogP contribution in [0.2, 0.25) is 0 Å². The van der Waals surface area contributed by atoms with Crippen molar-refractivity contribution in [2.45, 2.75) is 6.92 Å². The summed E-state index contributed by atoms with van der Waals surface area (Å²) in [6.45, 7) is 1.69. The van der Waals surface area contributed by atoms with Gasteiger partial charge >= 0.3 is 8.69 Å². The van der Waals surface area contributed by atoms with Gasteiger partial charge in [-0.15, -0.1) is 0 Å². The summed E-state index contributed by atoms with van der Waals surface area (Å²) in [5.41, 5.74) is 0.267. The summed E-state index contributed by atoms with van der Waals surface area (Å²) in [5.74, 6) is -0.162. The van der Waals surface area contributed by atoms with E-state index in [9.17, 15) is 4.79 Å². The zero-order valence-corrected chi connectivity index (χ0v) is 8.15. The Labute approximate surface area is 76.6 Å². The van der Waals surface area contributed by atoms with E-state index in [0.29, 0.717) is 5.69 Å². The topological polar surface area (TPSA) is 79.5 Å². The van der Waals surface area contributed by atoms with Gasteiger partial charge in [0.15, 0.2) is 5.75 Å². The highest BCUT2D eigenvalue weighted by Gasteiger charge is 2.00. The quantitative estimate of drug-likeness (QED) is 0.604. The highest BCUT2D eigenvalue weighted by Crippen LogP contribution is 2.06. The van der Waals surface area contributed by atoms with Crippen LogP contribution in [0, 0.1) is 6.92 Å². The van der Waals surface area contributed by atoms with Crippen LogP contribution < -0.4 is 5.43 Å². The molecule has 0 aliphatic heterocycles. The number of nitrogens with zero attached hydrogens (tertiary/aromatic N) is 1. The van der Waals surface area contributed by atoms with Crippen LogP contribution in [0.5, 0.6) is 5.75 Å². The van der Waals surface area contributed by atoms with Gasteiger partial charge in [-0.25, -0.2) is 4.57 Å². The van der Waals surface area contributed by atoms with Gasteiger partial charge in [0, 0.05) is 19.3 Å². The highest BCUT2D eigenvalue weighted by molar-refractivity contribution is 7.16. The first-order valence-electron chi connectivity index (χ1n) is 3.36. The van der Waals surface area contributed by atoms with Crippen LogP contribution in [-0.2, 0) is 11.6 Å². The smallest absolute Gasteiger partial charge is 0.324 e. The van der Waals surface area contributed by atoms with Crippen molar-refractivity contribution in [3.63, 3.8) is 0 Å². The normalized spacial score (nSPS) is 9.15. The van der Waals surface area contributed by atoms with Crippen LogP contribution in [-0.4, -0.2) is 14.6 Å². The molecule has 0 amide bonds. The molecule has 0 spiro atoms. The van der Waals surface area contributed by atoms with E-state index in [0.717, 1.165) is 0 Å². The van der Waals surface area contributed by atoms with Gasteiger partial charge in [-0.2, -0.15) is 0 Å². The van der Waals surface area contributed by atoms with Crippen molar-refractivity contribution >= 4 is 8.69 Å². The molecule has 0 aliphatic rings. The van der Waals surface area contributed by atoms with Crippen LogP contribution in [0.1, 0.15) is 5.69 Å². The Hall–Kier alpha value is -1.19. The molecule has 0 radical (unpaired) electrons. The molecule has 0 aromatic carbocycles. The molecule has 13 heavy (non-hydrogen) atoms. The monoisotopic (exact) mass is 203 g/mol. The van der Waals surface area contributed by atoms with E-state index < -0.39 is 8.69 Å². The summed E-state index contributed by atoms with van der Waals surface area (Å²) in [7, 11) is 0.939. The zero-order chi connectivity index (χ0) is 10.4. The maximum Gasteiger partial charge on any atom is 0.324 e. The molecule has 72 valence electrons. The lowest BCUT2D eigenvalue weighted by Crippen LogP contribution is -2.06. The largest absolute Gasteiger partial charge is 0.503 e. The predicted octanol–water partition coefficient (Wildman–Crippen LogP) is 0.585. The van der Waals surface area contributed by atoms with Crippen LogP contribution in [0.15, 0.2) is 17.1 Å². The summed E-state index contributed by atoms with van der Waals surface area (Å²) in [6, 6.07) is 1.34. The molecule has 0 saturated heterocycles. The molecule has 0 atom stereocenters. The number of hydrogen-bond donors (Lipinski definition) is 2. The Kier molecular flexibility index (Phi) is 4.96. The number of pyridine rings is 1. The fourth-order valence-electron chi connectivity index (χ4n) is 0.716. The van der Waals surface area contributed by atoms with Crippen molar-refractivity contribution in [1.82, 2.24) is 4.57 Å². The molecule has 1 rings (SSSR count). The number of aromatic nitrogens is 1. The number of aromatic hydroxyl groups is 1. The Morgan fingerprint density at radius 1 is 1.54 bits per heavy atom. The van der Waals surface area contributed by atoms with Crippen LogP contribution in [0.3, 0.4) is 0 Å². The first kappa shape index (κ1) is 11.8. The third-order valence-corrected chi connectivity index (χ3v) is 1.55. The van der Waals surface area contributed by atoms with Crippen molar-refractivity contribution in [3.05, 3.63) is 28.2 Å². The molecule has 0 fully saturated rings. The second-order valence-electron chi connectivity index (χ2n) is 2.31. The van der Waals surface area contributed by atoms with E-state index in [2.05, 4.69) is 0 Å². The molecule has 5 nitrogen and oxygen atoms in total. The van der Waals surface area contributed by atoms with E-state index in [1.165, 1.54) is 6.07 Å². The fourth-order valence-corrected chi connectivity index (χ4v) is 0.716. The van der Waals surface area contributed by atoms with Gasteiger partial charge in [0.1, 0.15) is 0 Å². The Bertz CT molecular complexity index is 347.